The first-order valence-electron chi connectivity index (χ1n) is 4.59. The summed E-state index contributed by atoms with van der Waals surface area (Å²) < 4.78 is 12.8. The highest BCUT2D eigenvalue weighted by molar-refractivity contribution is 6.33. The summed E-state index contributed by atoms with van der Waals surface area (Å²) in [5.41, 5.74) is 6.77. The molecule has 0 amide bonds. The predicted molar refractivity (Wildman–Crippen MR) is 63.3 cm³/mol. The van der Waals surface area contributed by atoms with E-state index in [9.17, 15) is 4.39 Å². The van der Waals surface area contributed by atoms with Gasteiger partial charge in [0.15, 0.2) is 5.82 Å². The Kier molecular flexibility index (Phi) is 2.92. The first kappa shape index (κ1) is 10.7. The molecule has 16 heavy (non-hydrogen) atoms. The van der Waals surface area contributed by atoms with Crippen LogP contribution < -0.4 is 11.1 Å². The number of nitrogen functional groups attached to an aromatic ring is 1. The largest absolute Gasteiger partial charge is 0.396 e. The Labute approximate surface area is 97.1 Å². The molecule has 0 bridgehead atoms. The highest BCUT2D eigenvalue weighted by atomic mass is 35.5. The van der Waals surface area contributed by atoms with Crippen molar-refractivity contribution in [2.24, 2.45) is 0 Å². The summed E-state index contributed by atoms with van der Waals surface area (Å²) in [6, 6.07) is 7.52. The third-order valence-electron chi connectivity index (χ3n) is 2.02. The van der Waals surface area contributed by atoms with Gasteiger partial charge in [-0.1, -0.05) is 11.6 Å². The van der Waals surface area contributed by atoms with Crippen molar-refractivity contribution < 1.29 is 4.39 Å². The summed E-state index contributed by atoms with van der Waals surface area (Å²) >= 11 is 5.86. The molecule has 0 aliphatic rings. The number of nitrogens with two attached hydrogens (primary N) is 1. The molecule has 0 saturated carbocycles. The molecule has 5 heteroatoms. The molecule has 0 atom stereocenters. The number of aromatic nitrogens is 1. The van der Waals surface area contributed by atoms with Crippen molar-refractivity contribution >= 4 is 28.8 Å². The van der Waals surface area contributed by atoms with Gasteiger partial charge in [-0.15, -0.1) is 0 Å². The van der Waals surface area contributed by atoms with Crippen molar-refractivity contribution in [1.29, 1.82) is 0 Å². The van der Waals surface area contributed by atoms with Crippen LogP contribution in [0.4, 0.5) is 21.6 Å². The first-order valence-corrected chi connectivity index (χ1v) is 4.97. The van der Waals surface area contributed by atoms with Crippen LogP contribution in [-0.4, -0.2) is 4.98 Å². The summed E-state index contributed by atoms with van der Waals surface area (Å²) in [7, 11) is 0. The van der Waals surface area contributed by atoms with Gasteiger partial charge < -0.3 is 11.1 Å². The van der Waals surface area contributed by atoms with E-state index in [1.165, 1.54) is 18.2 Å². The van der Waals surface area contributed by atoms with Crippen LogP contribution in [0, 0.1) is 5.82 Å². The molecular formula is C11H9ClFN3. The molecule has 0 radical (unpaired) electrons. The van der Waals surface area contributed by atoms with E-state index in [4.69, 9.17) is 17.3 Å². The van der Waals surface area contributed by atoms with E-state index in [0.717, 1.165) is 0 Å². The molecule has 2 rings (SSSR count). The topological polar surface area (TPSA) is 50.9 Å². The van der Waals surface area contributed by atoms with E-state index >= 15 is 0 Å². The van der Waals surface area contributed by atoms with Gasteiger partial charge in [-0.05, 0) is 30.3 Å². The molecule has 0 spiro atoms. The lowest BCUT2D eigenvalue weighted by Gasteiger charge is -2.09. The number of rotatable bonds is 2. The Morgan fingerprint density at radius 2 is 2.12 bits per heavy atom. The van der Waals surface area contributed by atoms with Crippen LogP contribution in [-0.2, 0) is 0 Å². The van der Waals surface area contributed by atoms with E-state index in [2.05, 4.69) is 10.3 Å². The van der Waals surface area contributed by atoms with Crippen molar-refractivity contribution in [3.05, 3.63) is 47.4 Å². The Balaban J connectivity index is 2.31. The fourth-order valence-electron chi connectivity index (χ4n) is 1.24. The lowest BCUT2D eigenvalue weighted by molar-refractivity contribution is 0.628. The monoisotopic (exact) mass is 237 g/mol. The van der Waals surface area contributed by atoms with Gasteiger partial charge in [-0.3, -0.25) is 0 Å². The van der Waals surface area contributed by atoms with Crippen LogP contribution in [0.2, 0.25) is 5.02 Å². The number of hydrogen-bond donors (Lipinski definition) is 2. The average Bonchev–Trinajstić information content (AvgIpc) is 2.25. The van der Waals surface area contributed by atoms with Crippen molar-refractivity contribution in [2.75, 3.05) is 11.1 Å². The van der Waals surface area contributed by atoms with Crippen LogP contribution in [0.25, 0.3) is 0 Å². The number of benzene rings is 1. The van der Waals surface area contributed by atoms with Gasteiger partial charge in [-0.25, -0.2) is 9.37 Å². The maximum atomic E-state index is 12.8. The molecule has 1 heterocycles. The predicted octanol–water partition coefficient (Wildman–Crippen LogP) is 3.20. The molecule has 2 aromatic rings. The molecule has 1 aromatic carbocycles. The van der Waals surface area contributed by atoms with E-state index in [1.54, 1.807) is 18.3 Å². The number of nitrogens with zero attached hydrogens (tertiary/aromatic N) is 1. The second-order valence-electron chi connectivity index (χ2n) is 3.19. The minimum Gasteiger partial charge on any atom is -0.396 e. The maximum Gasteiger partial charge on any atom is 0.153 e. The fourth-order valence-corrected chi connectivity index (χ4v) is 1.46. The number of hydrogen-bond acceptors (Lipinski definition) is 3. The summed E-state index contributed by atoms with van der Waals surface area (Å²) in [5.74, 6) is 0.112. The highest BCUT2D eigenvalue weighted by Crippen LogP contribution is 2.27. The lowest BCUT2D eigenvalue weighted by atomic mass is 10.3. The van der Waals surface area contributed by atoms with Crippen molar-refractivity contribution in [3.63, 3.8) is 0 Å². The van der Waals surface area contributed by atoms with Gasteiger partial charge in [0.1, 0.15) is 5.82 Å². The van der Waals surface area contributed by atoms with Gasteiger partial charge in [0.05, 0.1) is 16.4 Å². The first-order chi connectivity index (χ1) is 7.66. The second-order valence-corrected chi connectivity index (χ2v) is 3.60. The van der Waals surface area contributed by atoms with Crippen LogP contribution >= 0.6 is 11.6 Å². The molecular weight excluding hydrogens is 229 g/mol. The van der Waals surface area contributed by atoms with Crippen LogP contribution in [0.1, 0.15) is 0 Å². The fraction of sp³-hybridized carbons (Fsp3) is 0. The van der Waals surface area contributed by atoms with E-state index < -0.39 is 0 Å². The SMILES string of the molecule is Nc1cccnc1Nc1ccc(F)cc1Cl. The van der Waals surface area contributed by atoms with Crippen molar-refractivity contribution in [3.8, 4) is 0 Å². The van der Waals surface area contributed by atoms with Crippen LogP contribution in [0.5, 0.6) is 0 Å². The number of pyridine rings is 1. The quantitative estimate of drug-likeness (QED) is 0.843. The average molecular weight is 238 g/mol. The minimum atomic E-state index is -0.385. The molecule has 0 aliphatic heterocycles. The van der Waals surface area contributed by atoms with E-state index in [-0.39, 0.29) is 10.8 Å². The van der Waals surface area contributed by atoms with E-state index in [0.29, 0.717) is 17.2 Å². The lowest BCUT2D eigenvalue weighted by Crippen LogP contribution is -1.99. The number of halogens is 2. The molecule has 0 saturated heterocycles. The van der Waals surface area contributed by atoms with Crippen LogP contribution in [0.3, 0.4) is 0 Å². The molecule has 3 nitrogen and oxygen atoms in total. The Morgan fingerprint density at radius 3 is 2.81 bits per heavy atom. The zero-order valence-electron chi connectivity index (χ0n) is 8.24. The standard InChI is InChI=1S/C11H9ClFN3/c12-8-6-7(13)3-4-10(8)16-11-9(14)2-1-5-15-11/h1-6H,14H2,(H,15,16). The number of nitrogens with one attached hydrogen (secondary N) is 1. The molecule has 3 N–H and O–H groups in total. The summed E-state index contributed by atoms with van der Waals surface area (Å²) in [6.45, 7) is 0. The molecule has 0 aliphatic carbocycles. The third kappa shape index (κ3) is 2.23. The van der Waals surface area contributed by atoms with Crippen LogP contribution in [0.15, 0.2) is 36.5 Å². The van der Waals surface area contributed by atoms with Gasteiger partial charge in [-0.2, -0.15) is 0 Å². The number of anilines is 3. The van der Waals surface area contributed by atoms with Gasteiger partial charge in [0.2, 0.25) is 0 Å². The van der Waals surface area contributed by atoms with Crippen molar-refractivity contribution in [1.82, 2.24) is 4.98 Å². The minimum absolute atomic E-state index is 0.282. The van der Waals surface area contributed by atoms with Gasteiger partial charge in [0.25, 0.3) is 0 Å². The Hall–Kier alpha value is -1.81. The third-order valence-corrected chi connectivity index (χ3v) is 2.34. The normalized spacial score (nSPS) is 10.1. The summed E-state index contributed by atoms with van der Waals surface area (Å²) in [5, 5.41) is 3.22. The molecule has 0 unspecified atom stereocenters. The summed E-state index contributed by atoms with van der Waals surface area (Å²) in [6.07, 6.45) is 1.61. The maximum absolute atomic E-state index is 12.8. The highest BCUT2D eigenvalue weighted by Gasteiger charge is 2.04. The Bertz CT molecular complexity index is 516. The Morgan fingerprint density at radius 1 is 1.31 bits per heavy atom. The molecule has 0 fully saturated rings. The van der Waals surface area contributed by atoms with Crippen molar-refractivity contribution in [2.45, 2.75) is 0 Å². The van der Waals surface area contributed by atoms with Gasteiger partial charge >= 0.3 is 0 Å². The molecule has 1 aromatic heterocycles. The second kappa shape index (κ2) is 4.37. The zero-order valence-corrected chi connectivity index (χ0v) is 9.00. The van der Waals surface area contributed by atoms with E-state index in [1.807, 2.05) is 0 Å². The smallest absolute Gasteiger partial charge is 0.153 e. The zero-order chi connectivity index (χ0) is 11.5. The summed E-state index contributed by atoms with van der Waals surface area (Å²) in [4.78, 5) is 4.05. The molecule has 82 valence electrons. The van der Waals surface area contributed by atoms with Gasteiger partial charge in [0, 0.05) is 6.20 Å².